The normalized spacial score (nSPS) is 17.8. The van der Waals surface area contributed by atoms with Crippen LogP contribution >= 0.6 is 0 Å². The fraction of sp³-hybridized carbons (Fsp3) is 0.647. The van der Waals surface area contributed by atoms with Gasteiger partial charge < -0.3 is 0 Å². The first-order chi connectivity index (χ1) is 11.4. The Bertz CT molecular complexity index is 853. The van der Waals surface area contributed by atoms with E-state index in [0.29, 0.717) is 30.8 Å². The summed E-state index contributed by atoms with van der Waals surface area (Å²) in [7, 11) is -6.87. The van der Waals surface area contributed by atoms with Gasteiger partial charge in [-0.15, -0.1) is 0 Å². The van der Waals surface area contributed by atoms with Gasteiger partial charge >= 0.3 is 0 Å². The maximum Gasteiger partial charge on any atom is 0.243 e. The Balaban J connectivity index is 2.33. The standard InChI is InChI=1S/C17H28N2O4S2/c1-11-12(2)14(4)17(15(5)13(11)3)25(22,23)19-9-7-16(8-10-19)18-24(6,20)21/h16,18H,7-10H2,1-6H3. The van der Waals surface area contributed by atoms with E-state index in [0.717, 1.165) is 34.1 Å². The Morgan fingerprint density at radius 3 is 1.60 bits per heavy atom. The third kappa shape index (κ3) is 4.07. The highest BCUT2D eigenvalue weighted by molar-refractivity contribution is 7.89. The fourth-order valence-electron chi connectivity index (χ4n) is 3.50. The van der Waals surface area contributed by atoms with Crippen LogP contribution in [0.3, 0.4) is 0 Å². The van der Waals surface area contributed by atoms with Crippen LogP contribution < -0.4 is 4.72 Å². The topological polar surface area (TPSA) is 83.6 Å². The van der Waals surface area contributed by atoms with E-state index in [4.69, 9.17) is 0 Å². The monoisotopic (exact) mass is 388 g/mol. The summed E-state index contributed by atoms with van der Waals surface area (Å²) in [6, 6.07) is -0.204. The summed E-state index contributed by atoms with van der Waals surface area (Å²) in [5.74, 6) is 0. The molecule has 0 spiro atoms. The average Bonchev–Trinajstić information content (AvgIpc) is 2.50. The number of piperidine rings is 1. The molecule has 25 heavy (non-hydrogen) atoms. The highest BCUT2D eigenvalue weighted by Crippen LogP contribution is 2.32. The number of nitrogens with zero attached hydrogens (tertiary/aromatic N) is 1. The van der Waals surface area contributed by atoms with Crippen molar-refractivity contribution in [2.75, 3.05) is 19.3 Å². The highest BCUT2D eigenvalue weighted by atomic mass is 32.2. The Morgan fingerprint density at radius 1 is 0.800 bits per heavy atom. The van der Waals surface area contributed by atoms with Gasteiger partial charge in [0.2, 0.25) is 20.0 Å². The molecule has 0 bridgehead atoms. The summed E-state index contributed by atoms with van der Waals surface area (Å²) < 4.78 is 53.2. The van der Waals surface area contributed by atoms with Crippen LogP contribution in [-0.2, 0) is 20.0 Å². The van der Waals surface area contributed by atoms with Crippen molar-refractivity contribution in [2.45, 2.75) is 58.4 Å². The molecule has 0 unspecified atom stereocenters. The SMILES string of the molecule is Cc1c(C)c(C)c(S(=O)(=O)N2CCC(NS(C)(=O)=O)CC2)c(C)c1C. The maximum absolute atomic E-state index is 13.2. The lowest BCUT2D eigenvalue weighted by molar-refractivity contribution is 0.308. The molecule has 1 N–H and O–H groups in total. The second kappa shape index (κ2) is 6.98. The van der Waals surface area contributed by atoms with Crippen LogP contribution in [0.2, 0.25) is 0 Å². The van der Waals surface area contributed by atoms with E-state index < -0.39 is 20.0 Å². The largest absolute Gasteiger partial charge is 0.243 e. The van der Waals surface area contributed by atoms with Crippen LogP contribution in [0.5, 0.6) is 0 Å². The fourth-order valence-corrected chi connectivity index (χ4v) is 6.37. The van der Waals surface area contributed by atoms with Gasteiger partial charge in [-0.25, -0.2) is 21.6 Å². The summed E-state index contributed by atoms with van der Waals surface area (Å²) in [5.41, 5.74) is 4.75. The molecule has 1 saturated heterocycles. The summed E-state index contributed by atoms with van der Waals surface area (Å²) in [5, 5.41) is 0. The second-order valence-electron chi connectivity index (χ2n) is 7.02. The first-order valence-electron chi connectivity index (χ1n) is 8.40. The predicted octanol–water partition coefficient (Wildman–Crippen LogP) is 1.93. The van der Waals surface area contributed by atoms with Gasteiger partial charge in [-0.3, -0.25) is 0 Å². The molecule has 6 nitrogen and oxygen atoms in total. The summed E-state index contributed by atoms with van der Waals surface area (Å²) in [6.45, 7) is 10.3. The summed E-state index contributed by atoms with van der Waals surface area (Å²) in [4.78, 5) is 0.405. The number of sulfonamides is 2. The van der Waals surface area contributed by atoms with Gasteiger partial charge in [0, 0.05) is 19.1 Å². The third-order valence-electron chi connectivity index (χ3n) is 5.36. The van der Waals surface area contributed by atoms with E-state index >= 15 is 0 Å². The van der Waals surface area contributed by atoms with Gasteiger partial charge in [0.1, 0.15) is 0 Å². The van der Waals surface area contributed by atoms with Crippen LogP contribution in [0.4, 0.5) is 0 Å². The Hall–Kier alpha value is -0.960. The Kier molecular flexibility index (Phi) is 5.68. The van der Waals surface area contributed by atoms with Crippen molar-refractivity contribution in [3.8, 4) is 0 Å². The molecule has 0 amide bonds. The molecule has 0 aliphatic carbocycles. The zero-order valence-electron chi connectivity index (χ0n) is 15.8. The predicted molar refractivity (Wildman–Crippen MR) is 99.9 cm³/mol. The Labute approximate surface area is 151 Å². The van der Waals surface area contributed by atoms with E-state index in [1.165, 1.54) is 4.31 Å². The second-order valence-corrected chi connectivity index (χ2v) is 10.7. The van der Waals surface area contributed by atoms with Crippen LogP contribution in [0.1, 0.15) is 40.7 Å². The molecule has 142 valence electrons. The van der Waals surface area contributed by atoms with Crippen molar-refractivity contribution in [3.63, 3.8) is 0 Å². The van der Waals surface area contributed by atoms with Crippen LogP contribution in [-0.4, -0.2) is 46.5 Å². The lowest BCUT2D eigenvalue weighted by atomic mass is 9.95. The maximum atomic E-state index is 13.2. The van der Waals surface area contributed by atoms with Crippen LogP contribution in [0.25, 0.3) is 0 Å². The van der Waals surface area contributed by atoms with Crippen molar-refractivity contribution in [2.24, 2.45) is 0 Å². The third-order valence-corrected chi connectivity index (χ3v) is 8.30. The average molecular weight is 389 g/mol. The highest BCUT2D eigenvalue weighted by Gasteiger charge is 2.33. The Morgan fingerprint density at radius 2 is 1.20 bits per heavy atom. The zero-order valence-corrected chi connectivity index (χ0v) is 17.4. The van der Waals surface area contributed by atoms with Crippen molar-refractivity contribution in [3.05, 3.63) is 27.8 Å². The van der Waals surface area contributed by atoms with E-state index in [1.807, 2.05) is 34.6 Å². The molecule has 0 atom stereocenters. The van der Waals surface area contributed by atoms with Crippen molar-refractivity contribution >= 4 is 20.0 Å². The number of hydrogen-bond donors (Lipinski definition) is 1. The molecular formula is C17H28N2O4S2. The minimum Gasteiger partial charge on any atom is -0.213 e. The summed E-state index contributed by atoms with van der Waals surface area (Å²) in [6.07, 6.45) is 2.09. The number of rotatable bonds is 4. The molecule has 1 aromatic carbocycles. The quantitative estimate of drug-likeness (QED) is 0.854. The summed E-state index contributed by atoms with van der Waals surface area (Å²) >= 11 is 0. The van der Waals surface area contributed by atoms with E-state index in [2.05, 4.69) is 4.72 Å². The van der Waals surface area contributed by atoms with E-state index in [-0.39, 0.29) is 6.04 Å². The number of benzene rings is 1. The minimum atomic E-state index is -3.60. The molecule has 1 heterocycles. The van der Waals surface area contributed by atoms with Gasteiger partial charge in [-0.05, 0) is 75.3 Å². The lowest BCUT2D eigenvalue weighted by Crippen LogP contribution is -2.46. The molecular weight excluding hydrogens is 360 g/mol. The van der Waals surface area contributed by atoms with Crippen LogP contribution in [0, 0.1) is 34.6 Å². The van der Waals surface area contributed by atoms with E-state index in [9.17, 15) is 16.8 Å². The molecule has 0 saturated carbocycles. The van der Waals surface area contributed by atoms with Gasteiger partial charge in [0.05, 0.1) is 11.2 Å². The van der Waals surface area contributed by atoms with Crippen molar-refractivity contribution in [1.29, 1.82) is 0 Å². The van der Waals surface area contributed by atoms with Gasteiger partial charge in [-0.2, -0.15) is 4.31 Å². The molecule has 0 aromatic heterocycles. The first kappa shape index (κ1) is 20.4. The lowest BCUT2D eigenvalue weighted by Gasteiger charge is -2.32. The first-order valence-corrected chi connectivity index (χ1v) is 11.7. The zero-order chi connectivity index (χ0) is 19.2. The number of hydrogen-bond acceptors (Lipinski definition) is 4. The van der Waals surface area contributed by atoms with Gasteiger partial charge in [0.15, 0.2) is 0 Å². The van der Waals surface area contributed by atoms with Crippen LogP contribution in [0.15, 0.2) is 4.90 Å². The molecule has 1 aromatic rings. The molecule has 1 fully saturated rings. The van der Waals surface area contributed by atoms with Gasteiger partial charge in [0.25, 0.3) is 0 Å². The minimum absolute atomic E-state index is 0.204. The molecule has 1 aliphatic rings. The molecule has 2 rings (SSSR count). The molecule has 0 radical (unpaired) electrons. The van der Waals surface area contributed by atoms with Gasteiger partial charge in [-0.1, -0.05) is 0 Å². The van der Waals surface area contributed by atoms with Crippen molar-refractivity contribution in [1.82, 2.24) is 9.03 Å². The van der Waals surface area contributed by atoms with E-state index in [1.54, 1.807) is 0 Å². The molecule has 8 heteroatoms. The molecule has 1 aliphatic heterocycles. The number of nitrogens with one attached hydrogen (secondary N) is 1. The smallest absolute Gasteiger partial charge is 0.213 e. The van der Waals surface area contributed by atoms with Crippen molar-refractivity contribution < 1.29 is 16.8 Å².